The molecule has 0 radical (unpaired) electrons. The van der Waals surface area contributed by atoms with Gasteiger partial charge in [-0.15, -0.1) is 0 Å². The Kier molecular flexibility index (Phi) is 5.21. The number of carboxylic acid groups (broad SMARTS) is 1. The summed E-state index contributed by atoms with van der Waals surface area (Å²) in [6.07, 6.45) is 0.208. The fourth-order valence-corrected chi connectivity index (χ4v) is 1.57. The average molecular weight is 260 g/mol. The molecule has 1 rings (SSSR count). The molecule has 1 aromatic rings. The van der Waals surface area contributed by atoms with Crippen LogP contribution in [-0.4, -0.2) is 31.3 Å². The second-order valence-corrected chi connectivity index (χ2v) is 3.78. The van der Waals surface area contributed by atoms with Crippen molar-refractivity contribution in [3.05, 3.63) is 28.8 Å². The zero-order valence-electron chi connectivity index (χ0n) is 9.57. The Morgan fingerprint density at radius 3 is 2.76 bits per heavy atom. The summed E-state index contributed by atoms with van der Waals surface area (Å²) >= 11 is 5.99. The molecular formula is C11H14ClNO4. The normalized spacial score (nSPS) is 12.2. The van der Waals surface area contributed by atoms with Crippen molar-refractivity contribution in [1.82, 2.24) is 5.48 Å². The molecule has 0 aliphatic rings. The van der Waals surface area contributed by atoms with E-state index in [0.717, 1.165) is 0 Å². The lowest BCUT2D eigenvalue weighted by atomic mass is 10.1. The van der Waals surface area contributed by atoms with Gasteiger partial charge in [-0.3, -0.25) is 4.79 Å². The summed E-state index contributed by atoms with van der Waals surface area (Å²) < 4.78 is 5.05. The summed E-state index contributed by atoms with van der Waals surface area (Å²) in [5.74, 6) is -0.378. The summed E-state index contributed by atoms with van der Waals surface area (Å²) in [4.78, 5) is 15.6. The average Bonchev–Trinajstić information content (AvgIpc) is 2.31. The van der Waals surface area contributed by atoms with Gasteiger partial charge >= 0.3 is 5.97 Å². The van der Waals surface area contributed by atoms with Crippen LogP contribution >= 0.6 is 11.6 Å². The van der Waals surface area contributed by atoms with Crippen molar-refractivity contribution in [2.45, 2.75) is 12.5 Å². The van der Waals surface area contributed by atoms with Gasteiger partial charge in [0, 0.05) is 11.4 Å². The molecule has 2 N–H and O–H groups in total. The molecule has 94 valence electrons. The van der Waals surface area contributed by atoms with Gasteiger partial charge in [-0.1, -0.05) is 11.6 Å². The number of aliphatic carboxylic acids is 1. The quantitative estimate of drug-likeness (QED) is 0.758. The zero-order chi connectivity index (χ0) is 12.8. The molecule has 0 fully saturated rings. The van der Waals surface area contributed by atoms with E-state index in [4.69, 9.17) is 21.4 Å². The first-order valence-electron chi connectivity index (χ1n) is 4.92. The highest BCUT2D eigenvalue weighted by Crippen LogP contribution is 2.23. The maximum Gasteiger partial charge on any atom is 0.323 e. The van der Waals surface area contributed by atoms with E-state index in [1.807, 2.05) is 0 Å². The molecule has 0 spiro atoms. The highest BCUT2D eigenvalue weighted by molar-refractivity contribution is 6.31. The van der Waals surface area contributed by atoms with Crippen LogP contribution < -0.4 is 10.2 Å². The summed E-state index contributed by atoms with van der Waals surface area (Å²) in [6, 6.07) is 4.23. The van der Waals surface area contributed by atoms with Crippen molar-refractivity contribution in [2.24, 2.45) is 0 Å². The van der Waals surface area contributed by atoms with Crippen molar-refractivity contribution < 1.29 is 19.5 Å². The Morgan fingerprint density at radius 1 is 1.53 bits per heavy atom. The highest BCUT2D eigenvalue weighted by atomic mass is 35.5. The lowest BCUT2D eigenvalue weighted by Gasteiger charge is -2.14. The first-order valence-corrected chi connectivity index (χ1v) is 5.30. The number of nitrogens with one attached hydrogen (secondary N) is 1. The minimum atomic E-state index is -1.01. The van der Waals surface area contributed by atoms with E-state index >= 15 is 0 Å². The number of hydrogen-bond acceptors (Lipinski definition) is 4. The first kappa shape index (κ1) is 13.8. The monoisotopic (exact) mass is 259 g/mol. The molecule has 1 atom stereocenters. The second kappa shape index (κ2) is 6.44. The van der Waals surface area contributed by atoms with E-state index in [1.165, 1.54) is 14.2 Å². The van der Waals surface area contributed by atoms with Gasteiger partial charge < -0.3 is 14.7 Å². The van der Waals surface area contributed by atoms with E-state index in [0.29, 0.717) is 16.3 Å². The zero-order valence-corrected chi connectivity index (χ0v) is 10.3. The fraction of sp³-hybridized carbons (Fsp3) is 0.364. The van der Waals surface area contributed by atoms with Crippen LogP contribution in [0.25, 0.3) is 0 Å². The Labute approximate surface area is 104 Å². The molecule has 0 saturated heterocycles. The predicted molar refractivity (Wildman–Crippen MR) is 63.3 cm³/mol. The highest BCUT2D eigenvalue weighted by Gasteiger charge is 2.19. The summed E-state index contributed by atoms with van der Waals surface area (Å²) in [6.45, 7) is 0. The summed E-state index contributed by atoms with van der Waals surface area (Å²) in [5, 5.41) is 9.46. The van der Waals surface area contributed by atoms with Gasteiger partial charge in [0.25, 0.3) is 0 Å². The third-order valence-corrected chi connectivity index (χ3v) is 2.60. The molecule has 0 bridgehead atoms. The molecule has 17 heavy (non-hydrogen) atoms. The molecule has 6 heteroatoms. The minimum Gasteiger partial charge on any atom is -0.497 e. The Bertz CT molecular complexity index is 397. The maximum atomic E-state index is 10.9. The van der Waals surface area contributed by atoms with Crippen LogP contribution in [0.2, 0.25) is 5.02 Å². The molecule has 0 aromatic heterocycles. The second-order valence-electron chi connectivity index (χ2n) is 3.37. The summed E-state index contributed by atoms with van der Waals surface area (Å²) in [7, 11) is 2.90. The van der Waals surface area contributed by atoms with Crippen LogP contribution in [0, 0.1) is 0 Å². The molecule has 0 saturated carbocycles. The van der Waals surface area contributed by atoms with Crippen molar-refractivity contribution in [3.63, 3.8) is 0 Å². The van der Waals surface area contributed by atoms with E-state index in [9.17, 15) is 4.79 Å². The topological polar surface area (TPSA) is 67.8 Å². The van der Waals surface area contributed by atoms with E-state index in [1.54, 1.807) is 18.2 Å². The van der Waals surface area contributed by atoms with Crippen molar-refractivity contribution in [3.8, 4) is 5.75 Å². The van der Waals surface area contributed by atoms with Gasteiger partial charge in [0.05, 0.1) is 14.2 Å². The van der Waals surface area contributed by atoms with Crippen LogP contribution in [0.3, 0.4) is 0 Å². The molecule has 0 amide bonds. The lowest BCUT2D eigenvalue weighted by Crippen LogP contribution is -2.37. The number of hydroxylamine groups is 1. The van der Waals surface area contributed by atoms with Crippen LogP contribution in [-0.2, 0) is 16.1 Å². The van der Waals surface area contributed by atoms with Gasteiger partial charge in [0.15, 0.2) is 0 Å². The van der Waals surface area contributed by atoms with E-state index < -0.39 is 12.0 Å². The lowest BCUT2D eigenvalue weighted by molar-refractivity contribution is -0.143. The van der Waals surface area contributed by atoms with Gasteiger partial charge in [-0.05, 0) is 23.8 Å². The van der Waals surface area contributed by atoms with Crippen LogP contribution in [0.5, 0.6) is 5.75 Å². The molecule has 0 heterocycles. The number of carboxylic acids is 1. The maximum absolute atomic E-state index is 10.9. The van der Waals surface area contributed by atoms with Crippen molar-refractivity contribution in [1.29, 1.82) is 0 Å². The SMILES string of the molecule is CONC(Cc1cc(OC)ccc1Cl)C(=O)O. The first-order chi connectivity index (χ1) is 8.08. The third kappa shape index (κ3) is 3.89. The van der Waals surface area contributed by atoms with Crippen LogP contribution in [0.1, 0.15) is 5.56 Å². The molecule has 0 aliphatic heterocycles. The Balaban J connectivity index is 2.87. The molecule has 1 aromatic carbocycles. The standard InChI is InChI=1S/C11H14ClNO4/c1-16-8-3-4-9(12)7(5-8)6-10(11(14)15)13-17-2/h3-5,10,13H,6H2,1-2H3,(H,14,15). The van der Waals surface area contributed by atoms with E-state index in [-0.39, 0.29) is 6.42 Å². The van der Waals surface area contributed by atoms with Crippen molar-refractivity contribution in [2.75, 3.05) is 14.2 Å². The van der Waals surface area contributed by atoms with Crippen molar-refractivity contribution >= 4 is 17.6 Å². The van der Waals surface area contributed by atoms with Crippen LogP contribution in [0.4, 0.5) is 0 Å². The number of hydrogen-bond donors (Lipinski definition) is 2. The minimum absolute atomic E-state index is 0.208. The number of benzene rings is 1. The van der Waals surface area contributed by atoms with Gasteiger partial charge in [0.1, 0.15) is 11.8 Å². The van der Waals surface area contributed by atoms with Gasteiger partial charge in [-0.2, -0.15) is 5.48 Å². The number of carbonyl (C=O) groups is 1. The van der Waals surface area contributed by atoms with E-state index in [2.05, 4.69) is 10.3 Å². The van der Waals surface area contributed by atoms with Gasteiger partial charge in [0.2, 0.25) is 0 Å². The third-order valence-electron chi connectivity index (χ3n) is 2.24. The largest absolute Gasteiger partial charge is 0.497 e. The number of methoxy groups -OCH3 is 1. The number of rotatable bonds is 6. The fourth-order valence-electron chi connectivity index (χ4n) is 1.38. The number of halogens is 1. The van der Waals surface area contributed by atoms with Crippen LogP contribution in [0.15, 0.2) is 18.2 Å². The smallest absolute Gasteiger partial charge is 0.323 e. The van der Waals surface area contributed by atoms with Gasteiger partial charge in [-0.25, -0.2) is 0 Å². The Morgan fingerprint density at radius 2 is 2.24 bits per heavy atom. The summed E-state index contributed by atoms with van der Waals surface area (Å²) in [5.41, 5.74) is 3.08. The molecule has 0 aliphatic carbocycles. The molecule has 1 unspecified atom stereocenters. The molecular weight excluding hydrogens is 246 g/mol. The number of ether oxygens (including phenoxy) is 1. The Hall–Kier alpha value is -1.30. The predicted octanol–water partition coefficient (Wildman–Crippen LogP) is 1.50. The molecule has 5 nitrogen and oxygen atoms in total.